The van der Waals surface area contributed by atoms with Crippen LogP contribution in [0.3, 0.4) is 0 Å². The van der Waals surface area contributed by atoms with Crippen LogP contribution in [0.5, 0.6) is 0 Å². The van der Waals surface area contributed by atoms with Gasteiger partial charge < -0.3 is 9.80 Å². The molecule has 0 bridgehead atoms. The normalized spacial score (nSPS) is 21.3. The van der Waals surface area contributed by atoms with Gasteiger partial charge in [0, 0.05) is 63.4 Å². The highest BCUT2D eigenvalue weighted by atomic mass is 16.1. The van der Waals surface area contributed by atoms with Gasteiger partial charge in [-0.15, -0.1) is 0 Å². The molecule has 2 unspecified atom stereocenters. The number of likely N-dealkylation sites (tertiary alicyclic amines) is 1. The van der Waals surface area contributed by atoms with Crippen LogP contribution < -0.4 is 10.6 Å². The van der Waals surface area contributed by atoms with E-state index in [0.717, 1.165) is 55.7 Å². The van der Waals surface area contributed by atoms with Crippen molar-refractivity contribution in [1.82, 2.24) is 34.2 Å². The lowest BCUT2D eigenvalue weighted by Crippen LogP contribution is -2.33. The molecule has 0 saturated carbocycles. The molecule has 156 valence electrons. The van der Waals surface area contributed by atoms with Crippen molar-refractivity contribution in [2.24, 2.45) is 11.8 Å². The Labute approximate surface area is 175 Å². The van der Waals surface area contributed by atoms with Crippen molar-refractivity contribution in [3.05, 3.63) is 58.8 Å². The first-order valence-corrected chi connectivity index (χ1v) is 10.4. The molecule has 2 atom stereocenters. The molecule has 0 N–H and O–H groups in total. The second-order valence-electron chi connectivity index (χ2n) is 8.35. The molecule has 3 aromatic heterocycles. The third-order valence-electron chi connectivity index (χ3n) is 6.19. The van der Waals surface area contributed by atoms with Gasteiger partial charge in [0.1, 0.15) is 12.1 Å². The Balaban J connectivity index is 1.22. The summed E-state index contributed by atoms with van der Waals surface area (Å²) in [6, 6.07) is 5.89. The van der Waals surface area contributed by atoms with E-state index in [4.69, 9.17) is 0 Å². The molecular weight excluding hydrogens is 380 g/mol. The van der Waals surface area contributed by atoms with Gasteiger partial charge in [0.15, 0.2) is 5.82 Å². The van der Waals surface area contributed by atoms with E-state index >= 15 is 0 Å². The molecule has 5 rings (SSSR count). The van der Waals surface area contributed by atoms with Crippen molar-refractivity contribution in [3.63, 3.8) is 0 Å². The summed E-state index contributed by atoms with van der Waals surface area (Å²) in [4.78, 5) is 29.4. The topological polar surface area (TPSA) is 85.0 Å². The molecule has 0 amide bonds. The third kappa shape index (κ3) is 3.60. The minimum Gasteiger partial charge on any atom is -0.356 e. The molecular formula is C21H26N8O. The van der Waals surface area contributed by atoms with Gasteiger partial charge in [-0.05, 0) is 37.8 Å². The van der Waals surface area contributed by atoms with Crippen LogP contribution in [0, 0.1) is 25.7 Å². The molecule has 0 aromatic carbocycles. The van der Waals surface area contributed by atoms with E-state index in [0.29, 0.717) is 18.4 Å². The average molecular weight is 406 g/mol. The highest BCUT2D eigenvalue weighted by Crippen LogP contribution is 2.33. The van der Waals surface area contributed by atoms with E-state index in [1.54, 1.807) is 23.2 Å². The second-order valence-corrected chi connectivity index (χ2v) is 8.35. The maximum absolute atomic E-state index is 11.8. The quantitative estimate of drug-likeness (QED) is 0.622. The summed E-state index contributed by atoms with van der Waals surface area (Å²) in [5.74, 6) is 3.03. The van der Waals surface area contributed by atoms with Crippen molar-refractivity contribution in [2.45, 2.75) is 20.4 Å². The summed E-state index contributed by atoms with van der Waals surface area (Å²) in [7, 11) is 0. The SMILES string of the molecule is Cc1cc(C)n(-c2cc(N3CC4CN(CCn5cccnc5=O)CC4C3)ncn2)n1. The molecule has 3 aromatic rings. The Morgan fingerprint density at radius 2 is 1.73 bits per heavy atom. The maximum atomic E-state index is 11.8. The van der Waals surface area contributed by atoms with Gasteiger partial charge in [0.2, 0.25) is 0 Å². The molecule has 30 heavy (non-hydrogen) atoms. The van der Waals surface area contributed by atoms with Crippen molar-refractivity contribution in [3.8, 4) is 5.82 Å². The molecule has 2 aliphatic rings. The summed E-state index contributed by atoms with van der Waals surface area (Å²) in [6.07, 6.45) is 4.98. The van der Waals surface area contributed by atoms with Crippen molar-refractivity contribution >= 4 is 5.82 Å². The van der Waals surface area contributed by atoms with Crippen LogP contribution in [0.2, 0.25) is 0 Å². The molecule has 0 spiro atoms. The fourth-order valence-electron chi connectivity index (χ4n) is 4.75. The van der Waals surface area contributed by atoms with E-state index in [-0.39, 0.29) is 5.69 Å². The first-order chi connectivity index (χ1) is 14.6. The number of hydrogen-bond donors (Lipinski definition) is 0. The minimum atomic E-state index is -0.176. The molecule has 2 aliphatic heterocycles. The van der Waals surface area contributed by atoms with Crippen LogP contribution in [0.1, 0.15) is 11.4 Å². The Kier molecular flexibility index (Phi) is 4.82. The van der Waals surface area contributed by atoms with Crippen molar-refractivity contribution in [1.29, 1.82) is 0 Å². The summed E-state index contributed by atoms with van der Waals surface area (Å²) in [5, 5.41) is 4.54. The summed E-state index contributed by atoms with van der Waals surface area (Å²) in [5.41, 5.74) is 1.88. The zero-order chi connectivity index (χ0) is 20.7. The lowest BCUT2D eigenvalue weighted by molar-refractivity contribution is 0.300. The van der Waals surface area contributed by atoms with Crippen LogP contribution in [-0.2, 0) is 6.54 Å². The summed E-state index contributed by atoms with van der Waals surface area (Å²) in [6.45, 7) is 9.72. The van der Waals surface area contributed by atoms with E-state index in [1.807, 2.05) is 30.8 Å². The van der Waals surface area contributed by atoms with Crippen LogP contribution in [0.25, 0.3) is 5.82 Å². The van der Waals surface area contributed by atoms with E-state index in [9.17, 15) is 4.79 Å². The molecule has 5 heterocycles. The number of hydrogen-bond acceptors (Lipinski definition) is 7. The van der Waals surface area contributed by atoms with Gasteiger partial charge >= 0.3 is 5.69 Å². The molecule has 2 fully saturated rings. The third-order valence-corrected chi connectivity index (χ3v) is 6.19. The van der Waals surface area contributed by atoms with Crippen LogP contribution in [0.15, 0.2) is 41.7 Å². The minimum absolute atomic E-state index is 0.176. The van der Waals surface area contributed by atoms with Gasteiger partial charge in [-0.3, -0.25) is 4.57 Å². The fourth-order valence-corrected chi connectivity index (χ4v) is 4.75. The van der Waals surface area contributed by atoms with Crippen LogP contribution in [0.4, 0.5) is 5.82 Å². The fraction of sp³-hybridized carbons (Fsp3) is 0.476. The largest absolute Gasteiger partial charge is 0.356 e. The zero-order valence-corrected chi connectivity index (χ0v) is 17.3. The van der Waals surface area contributed by atoms with Crippen molar-refractivity contribution in [2.75, 3.05) is 37.6 Å². The lowest BCUT2D eigenvalue weighted by atomic mass is 10.0. The monoisotopic (exact) mass is 406 g/mol. The molecule has 0 aliphatic carbocycles. The number of nitrogens with zero attached hydrogens (tertiary/aromatic N) is 8. The van der Waals surface area contributed by atoms with Crippen molar-refractivity contribution < 1.29 is 0 Å². The second kappa shape index (κ2) is 7.64. The van der Waals surface area contributed by atoms with Gasteiger partial charge in [0.25, 0.3) is 0 Å². The van der Waals surface area contributed by atoms with Crippen LogP contribution in [-0.4, -0.2) is 66.9 Å². The van der Waals surface area contributed by atoms with Gasteiger partial charge in [-0.2, -0.15) is 5.10 Å². The Morgan fingerprint density at radius 3 is 2.43 bits per heavy atom. The van der Waals surface area contributed by atoms with E-state index in [2.05, 4.69) is 35.9 Å². The van der Waals surface area contributed by atoms with Gasteiger partial charge in [-0.25, -0.2) is 24.4 Å². The maximum Gasteiger partial charge on any atom is 0.347 e. The van der Waals surface area contributed by atoms with E-state index < -0.39 is 0 Å². The lowest BCUT2D eigenvalue weighted by Gasteiger charge is -2.22. The number of aromatic nitrogens is 6. The number of fused-ring (bicyclic) bond motifs is 1. The van der Waals surface area contributed by atoms with E-state index in [1.165, 1.54) is 0 Å². The predicted molar refractivity (Wildman–Crippen MR) is 113 cm³/mol. The highest BCUT2D eigenvalue weighted by molar-refractivity contribution is 5.45. The molecule has 9 heteroatoms. The number of anilines is 1. The highest BCUT2D eigenvalue weighted by Gasteiger charge is 2.40. The molecule has 2 saturated heterocycles. The van der Waals surface area contributed by atoms with Crippen LogP contribution >= 0.6 is 0 Å². The average Bonchev–Trinajstić information content (AvgIpc) is 3.40. The van der Waals surface area contributed by atoms with Gasteiger partial charge in [-0.1, -0.05) is 0 Å². The first kappa shape index (κ1) is 18.9. The number of aryl methyl sites for hydroxylation is 2. The molecule has 0 radical (unpaired) electrons. The first-order valence-electron chi connectivity index (χ1n) is 10.4. The predicted octanol–water partition coefficient (Wildman–Crippen LogP) is 0.904. The standard InChI is InChI=1S/C21H26N8O/c1-15-8-16(2)29(25-15)20-9-19(23-14-24-20)28-12-17-10-26(11-18(17)13-28)6-7-27-5-3-4-22-21(27)30/h3-5,8-9,14,17-18H,6-7,10-13H2,1-2H3. The Morgan fingerprint density at radius 1 is 0.967 bits per heavy atom. The zero-order valence-electron chi connectivity index (χ0n) is 17.3. The van der Waals surface area contributed by atoms with Gasteiger partial charge in [0.05, 0.1) is 5.69 Å². The number of rotatable bonds is 5. The molecule has 9 nitrogen and oxygen atoms in total. The smallest absolute Gasteiger partial charge is 0.347 e. The summed E-state index contributed by atoms with van der Waals surface area (Å²) >= 11 is 0. The summed E-state index contributed by atoms with van der Waals surface area (Å²) < 4.78 is 3.56. The Bertz CT molecular complexity index is 1090. The Hall–Kier alpha value is -3.07.